The molecule has 0 atom stereocenters. The molecule has 0 fully saturated rings. The summed E-state index contributed by atoms with van der Waals surface area (Å²) >= 11 is 0. The number of hydrogen-bond donors (Lipinski definition) is 0. The van der Waals surface area contributed by atoms with Crippen molar-refractivity contribution in [2.75, 3.05) is 0 Å². The van der Waals surface area contributed by atoms with Gasteiger partial charge in [-0.05, 0) is 37.9 Å². The van der Waals surface area contributed by atoms with Crippen LogP contribution in [0.5, 0.6) is 0 Å². The van der Waals surface area contributed by atoms with Gasteiger partial charge in [-0.25, -0.2) is 0 Å². The van der Waals surface area contributed by atoms with Crippen molar-refractivity contribution in [3.8, 4) is 11.1 Å². The second-order valence-corrected chi connectivity index (χ2v) is 6.25. The van der Waals surface area contributed by atoms with Gasteiger partial charge < -0.3 is 0 Å². The van der Waals surface area contributed by atoms with Gasteiger partial charge in [0.05, 0.1) is 10.5 Å². The van der Waals surface area contributed by atoms with Crippen LogP contribution in [0.1, 0.15) is 0 Å². The van der Waals surface area contributed by atoms with Crippen LogP contribution in [0.4, 0.5) is 5.69 Å². The molecule has 118 valence electrons. The Kier molecular flexibility index (Phi) is 2.80. The predicted octanol–water partition coefficient (Wildman–Crippen LogP) is 6.16. The molecule has 0 aliphatic rings. The van der Waals surface area contributed by atoms with Crippen molar-refractivity contribution in [3.05, 3.63) is 89.0 Å². The van der Waals surface area contributed by atoms with Gasteiger partial charge in [-0.2, -0.15) is 0 Å². The van der Waals surface area contributed by atoms with Crippen LogP contribution in [0.25, 0.3) is 43.4 Å². The Morgan fingerprint density at radius 1 is 0.680 bits per heavy atom. The largest absolute Gasteiger partial charge is 0.278 e. The molecule has 5 rings (SSSR count). The van der Waals surface area contributed by atoms with Gasteiger partial charge in [-0.1, -0.05) is 72.8 Å². The summed E-state index contributed by atoms with van der Waals surface area (Å²) in [5.74, 6) is 0. The summed E-state index contributed by atoms with van der Waals surface area (Å²) in [5, 5.41) is 18.2. The maximum Gasteiger partial charge on any atom is 0.278 e. The lowest BCUT2D eigenvalue weighted by molar-refractivity contribution is -0.383. The number of nitro groups is 1. The number of nitrogens with zero attached hydrogens (tertiary/aromatic N) is 1. The molecule has 5 aromatic carbocycles. The fourth-order valence-electron chi connectivity index (χ4n) is 3.85. The standard InChI is InChI=1S/C22H13NO2/c24-23(25)19-13-17-10-9-15-7-4-8-16-11-12-18(22(17)20(15)16)21(19)14-5-2-1-3-6-14/h1-13H. The first-order valence-corrected chi connectivity index (χ1v) is 8.14. The van der Waals surface area contributed by atoms with Crippen LogP contribution in [0, 0.1) is 10.1 Å². The minimum Gasteiger partial charge on any atom is -0.258 e. The highest BCUT2D eigenvalue weighted by molar-refractivity contribution is 6.26. The lowest BCUT2D eigenvalue weighted by atomic mass is 9.89. The zero-order chi connectivity index (χ0) is 17.0. The third kappa shape index (κ3) is 1.93. The summed E-state index contributed by atoms with van der Waals surface area (Å²) in [4.78, 5) is 11.5. The fraction of sp³-hybridized carbons (Fsp3) is 0. The van der Waals surface area contributed by atoms with Crippen molar-refractivity contribution in [1.82, 2.24) is 0 Å². The Bertz CT molecular complexity index is 1240. The summed E-state index contributed by atoms with van der Waals surface area (Å²) in [6, 6.07) is 25.6. The highest BCUT2D eigenvalue weighted by atomic mass is 16.6. The van der Waals surface area contributed by atoms with Gasteiger partial charge in [0, 0.05) is 6.07 Å². The molecule has 0 aromatic heterocycles. The van der Waals surface area contributed by atoms with Crippen molar-refractivity contribution >= 4 is 38.0 Å². The third-order valence-electron chi connectivity index (χ3n) is 4.89. The van der Waals surface area contributed by atoms with Crippen molar-refractivity contribution in [1.29, 1.82) is 0 Å². The van der Waals surface area contributed by atoms with Gasteiger partial charge in [0.2, 0.25) is 0 Å². The van der Waals surface area contributed by atoms with Crippen molar-refractivity contribution in [2.45, 2.75) is 0 Å². The van der Waals surface area contributed by atoms with E-state index in [1.54, 1.807) is 6.07 Å². The normalized spacial score (nSPS) is 11.5. The highest BCUT2D eigenvalue weighted by Crippen LogP contribution is 2.43. The lowest BCUT2D eigenvalue weighted by Crippen LogP contribution is -1.95. The Labute approximate surface area is 143 Å². The average Bonchev–Trinajstić information content (AvgIpc) is 2.66. The smallest absolute Gasteiger partial charge is 0.258 e. The zero-order valence-electron chi connectivity index (χ0n) is 13.3. The molecule has 25 heavy (non-hydrogen) atoms. The number of hydrogen-bond acceptors (Lipinski definition) is 2. The quantitative estimate of drug-likeness (QED) is 0.222. The van der Waals surface area contributed by atoms with Crippen molar-refractivity contribution in [3.63, 3.8) is 0 Å². The van der Waals surface area contributed by atoms with Gasteiger partial charge in [0.1, 0.15) is 0 Å². The van der Waals surface area contributed by atoms with E-state index in [0.717, 1.165) is 32.5 Å². The maximum atomic E-state index is 11.8. The fourth-order valence-corrected chi connectivity index (χ4v) is 3.85. The summed E-state index contributed by atoms with van der Waals surface area (Å²) in [6.45, 7) is 0. The summed E-state index contributed by atoms with van der Waals surface area (Å²) in [5.41, 5.74) is 1.71. The number of nitro benzene ring substituents is 1. The Morgan fingerprint density at radius 2 is 1.36 bits per heavy atom. The second kappa shape index (κ2) is 5.02. The highest BCUT2D eigenvalue weighted by Gasteiger charge is 2.22. The maximum absolute atomic E-state index is 11.8. The zero-order valence-corrected chi connectivity index (χ0v) is 13.3. The summed E-state index contributed by atoms with van der Waals surface area (Å²) in [6.07, 6.45) is 0. The third-order valence-corrected chi connectivity index (χ3v) is 4.89. The molecule has 0 unspecified atom stereocenters. The Balaban J connectivity index is 2.07. The minimum absolute atomic E-state index is 0.150. The van der Waals surface area contributed by atoms with E-state index in [0.29, 0.717) is 5.56 Å². The summed E-state index contributed by atoms with van der Waals surface area (Å²) in [7, 11) is 0. The minimum atomic E-state index is -0.281. The monoisotopic (exact) mass is 323 g/mol. The van der Waals surface area contributed by atoms with Crippen LogP contribution >= 0.6 is 0 Å². The van der Waals surface area contributed by atoms with E-state index >= 15 is 0 Å². The van der Waals surface area contributed by atoms with Gasteiger partial charge in [0.25, 0.3) is 5.69 Å². The summed E-state index contributed by atoms with van der Waals surface area (Å²) < 4.78 is 0. The van der Waals surface area contributed by atoms with Crippen LogP contribution in [-0.2, 0) is 0 Å². The molecule has 3 heteroatoms. The molecule has 0 aliphatic carbocycles. The lowest BCUT2D eigenvalue weighted by Gasteiger charge is -2.14. The molecule has 5 aromatic rings. The van der Waals surface area contributed by atoms with Crippen molar-refractivity contribution < 1.29 is 4.92 Å². The molecule has 3 nitrogen and oxygen atoms in total. The van der Waals surface area contributed by atoms with Crippen molar-refractivity contribution in [2.24, 2.45) is 0 Å². The van der Waals surface area contributed by atoms with E-state index in [2.05, 4.69) is 18.2 Å². The Morgan fingerprint density at radius 3 is 2.08 bits per heavy atom. The molecule has 0 aliphatic heterocycles. The van der Waals surface area contributed by atoms with Gasteiger partial charge in [-0.3, -0.25) is 10.1 Å². The van der Waals surface area contributed by atoms with Crippen LogP contribution in [-0.4, -0.2) is 4.92 Å². The molecule has 0 saturated heterocycles. The number of benzene rings is 5. The Hall–Kier alpha value is -3.46. The molecule has 0 heterocycles. The first-order valence-electron chi connectivity index (χ1n) is 8.14. The van der Waals surface area contributed by atoms with Gasteiger partial charge in [-0.15, -0.1) is 0 Å². The van der Waals surface area contributed by atoms with E-state index in [4.69, 9.17) is 0 Å². The van der Waals surface area contributed by atoms with E-state index < -0.39 is 0 Å². The molecule has 0 bridgehead atoms. The molecule has 0 amide bonds. The van der Waals surface area contributed by atoms with Crippen LogP contribution in [0.2, 0.25) is 0 Å². The first kappa shape index (κ1) is 13.9. The van der Waals surface area contributed by atoms with Crippen LogP contribution in [0.15, 0.2) is 78.9 Å². The van der Waals surface area contributed by atoms with E-state index in [1.807, 2.05) is 54.6 Å². The molecule has 0 radical (unpaired) electrons. The molecular weight excluding hydrogens is 310 g/mol. The predicted molar refractivity (Wildman–Crippen MR) is 102 cm³/mol. The second-order valence-electron chi connectivity index (χ2n) is 6.25. The molecule has 0 N–H and O–H groups in total. The van der Waals surface area contributed by atoms with Gasteiger partial charge in [0.15, 0.2) is 0 Å². The number of rotatable bonds is 2. The molecule has 0 spiro atoms. The molecule has 0 saturated carbocycles. The van der Waals surface area contributed by atoms with Crippen LogP contribution in [0.3, 0.4) is 0 Å². The van der Waals surface area contributed by atoms with E-state index in [1.165, 1.54) is 5.39 Å². The SMILES string of the molecule is O=[N+]([O-])c1cc2ccc3cccc4ccc(c1-c1ccccc1)c2c34. The van der Waals surface area contributed by atoms with E-state index in [-0.39, 0.29) is 10.6 Å². The molecular formula is C22H13NO2. The van der Waals surface area contributed by atoms with Crippen LogP contribution < -0.4 is 0 Å². The first-order chi connectivity index (χ1) is 12.2. The average molecular weight is 323 g/mol. The van der Waals surface area contributed by atoms with Gasteiger partial charge >= 0.3 is 0 Å². The van der Waals surface area contributed by atoms with E-state index in [9.17, 15) is 10.1 Å². The topological polar surface area (TPSA) is 43.1 Å².